The zero-order chi connectivity index (χ0) is 22.0. The van der Waals surface area contributed by atoms with E-state index in [1.54, 1.807) is 18.2 Å². The summed E-state index contributed by atoms with van der Waals surface area (Å²) in [7, 11) is 0. The Bertz CT molecular complexity index is 1250. The molecule has 158 valence electrons. The van der Waals surface area contributed by atoms with Gasteiger partial charge in [0.15, 0.2) is 5.58 Å². The number of carbonyl (C=O) groups excluding carboxylic acids is 1. The number of fused-ring (bicyclic) bond motifs is 1. The van der Waals surface area contributed by atoms with E-state index >= 15 is 0 Å². The van der Waals surface area contributed by atoms with Crippen molar-refractivity contribution in [2.45, 2.75) is 26.7 Å². The summed E-state index contributed by atoms with van der Waals surface area (Å²) in [5.41, 5.74) is 4.63. The van der Waals surface area contributed by atoms with Crippen molar-refractivity contribution < 1.29 is 13.9 Å². The molecule has 31 heavy (non-hydrogen) atoms. The van der Waals surface area contributed by atoms with E-state index in [1.165, 1.54) is 5.56 Å². The number of rotatable bonds is 6. The number of halogens is 1. The number of amides is 1. The second-order valence-corrected chi connectivity index (χ2v) is 7.92. The van der Waals surface area contributed by atoms with Crippen molar-refractivity contribution in [3.05, 3.63) is 76.8 Å². The minimum Gasteiger partial charge on any atom is -0.492 e. The van der Waals surface area contributed by atoms with Crippen molar-refractivity contribution >= 4 is 34.3 Å². The van der Waals surface area contributed by atoms with Crippen molar-refractivity contribution in [1.82, 2.24) is 4.98 Å². The Balaban J connectivity index is 1.56. The first-order chi connectivity index (χ1) is 14.9. The second kappa shape index (κ2) is 8.82. The van der Waals surface area contributed by atoms with Crippen molar-refractivity contribution in [3.63, 3.8) is 0 Å². The Kier molecular flexibility index (Phi) is 5.96. The Morgan fingerprint density at radius 1 is 1.13 bits per heavy atom. The molecule has 0 aliphatic heterocycles. The Morgan fingerprint density at radius 3 is 2.71 bits per heavy atom. The molecule has 0 saturated heterocycles. The van der Waals surface area contributed by atoms with Gasteiger partial charge in [-0.2, -0.15) is 0 Å². The van der Waals surface area contributed by atoms with E-state index in [2.05, 4.69) is 30.2 Å². The monoisotopic (exact) mass is 434 g/mol. The van der Waals surface area contributed by atoms with Crippen LogP contribution in [0.15, 0.2) is 65.1 Å². The molecule has 1 amide bonds. The molecular formula is C25H23ClN2O3. The molecule has 0 radical (unpaired) electrons. The van der Waals surface area contributed by atoms with Crippen LogP contribution >= 0.6 is 11.6 Å². The van der Waals surface area contributed by atoms with Crippen LogP contribution in [-0.4, -0.2) is 17.5 Å². The summed E-state index contributed by atoms with van der Waals surface area (Å²) < 4.78 is 11.3. The fraction of sp³-hybridized carbons (Fsp3) is 0.200. The number of oxazole rings is 1. The highest BCUT2D eigenvalue weighted by atomic mass is 35.5. The van der Waals surface area contributed by atoms with E-state index < -0.39 is 0 Å². The smallest absolute Gasteiger partial charge is 0.255 e. The maximum Gasteiger partial charge on any atom is 0.255 e. The highest BCUT2D eigenvalue weighted by Crippen LogP contribution is 2.29. The van der Waals surface area contributed by atoms with E-state index in [0.717, 1.165) is 16.7 Å². The Morgan fingerprint density at radius 2 is 1.97 bits per heavy atom. The normalized spacial score (nSPS) is 11.1. The number of benzene rings is 3. The summed E-state index contributed by atoms with van der Waals surface area (Å²) in [5.74, 6) is 1.22. The standard InChI is InChI=1S/C25H23ClN2O3/c1-4-30-22-10-9-17(13-20(22)26)24(29)27-19-7-5-6-18(12-19)25-28-21-14-16(15(2)3)8-11-23(21)31-25/h5-15H,4H2,1-3H3,(H,27,29). The molecule has 3 aromatic carbocycles. The summed E-state index contributed by atoms with van der Waals surface area (Å²) in [6.45, 7) is 6.68. The molecule has 0 bridgehead atoms. The van der Waals surface area contributed by atoms with Crippen molar-refractivity contribution in [2.24, 2.45) is 0 Å². The molecule has 5 nitrogen and oxygen atoms in total. The highest BCUT2D eigenvalue weighted by molar-refractivity contribution is 6.32. The number of anilines is 1. The molecule has 0 spiro atoms. The summed E-state index contributed by atoms with van der Waals surface area (Å²) in [6, 6.07) is 18.4. The molecule has 1 aromatic heterocycles. The molecule has 0 aliphatic carbocycles. The lowest BCUT2D eigenvalue weighted by atomic mass is 10.0. The number of nitrogens with zero attached hydrogens (tertiary/aromatic N) is 1. The van der Waals surface area contributed by atoms with Crippen molar-refractivity contribution in [2.75, 3.05) is 11.9 Å². The van der Waals surface area contributed by atoms with Gasteiger partial charge in [0.1, 0.15) is 11.3 Å². The van der Waals surface area contributed by atoms with E-state index in [0.29, 0.717) is 40.4 Å². The maximum atomic E-state index is 12.7. The quantitative estimate of drug-likeness (QED) is 0.357. The van der Waals surface area contributed by atoms with Gasteiger partial charge < -0.3 is 14.5 Å². The predicted molar refractivity (Wildman–Crippen MR) is 124 cm³/mol. The first-order valence-electron chi connectivity index (χ1n) is 10.2. The lowest BCUT2D eigenvalue weighted by Crippen LogP contribution is -2.12. The molecular weight excluding hydrogens is 412 g/mol. The van der Waals surface area contributed by atoms with Gasteiger partial charge in [0.05, 0.1) is 11.6 Å². The van der Waals surface area contributed by atoms with Crippen LogP contribution in [0.1, 0.15) is 42.6 Å². The topological polar surface area (TPSA) is 64.4 Å². The average Bonchev–Trinajstić information content (AvgIpc) is 3.19. The van der Waals surface area contributed by atoms with Crippen molar-refractivity contribution in [3.8, 4) is 17.2 Å². The third-order valence-corrected chi connectivity index (χ3v) is 5.23. The molecule has 1 heterocycles. The number of nitrogens with one attached hydrogen (secondary N) is 1. The fourth-order valence-corrected chi connectivity index (χ4v) is 3.51. The van der Waals surface area contributed by atoms with Crippen LogP contribution < -0.4 is 10.1 Å². The maximum absolute atomic E-state index is 12.7. The summed E-state index contributed by atoms with van der Waals surface area (Å²) in [4.78, 5) is 17.3. The third kappa shape index (κ3) is 4.57. The minimum absolute atomic E-state index is 0.263. The van der Waals surface area contributed by atoms with Gasteiger partial charge in [-0.3, -0.25) is 4.79 Å². The molecule has 0 saturated carbocycles. The highest BCUT2D eigenvalue weighted by Gasteiger charge is 2.13. The van der Waals surface area contributed by atoms with Gasteiger partial charge >= 0.3 is 0 Å². The lowest BCUT2D eigenvalue weighted by molar-refractivity contribution is 0.102. The van der Waals surface area contributed by atoms with Gasteiger partial charge in [0.25, 0.3) is 5.91 Å². The second-order valence-electron chi connectivity index (χ2n) is 7.51. The van der Waals surface area contributed by atoms with Gasteiger partial charge in [-0.05, 0) is 66.9 Å². The van der Waals surface area contributed by atoms with Gasteiger partial charge in [-0.1, -0.05) is 37.6 Å². The summed E-state index contributed by atoms with van der Waals surface area (Å²) in [6.07, 6.45) is 0. The van der Waals surface area contributed by atoms with Gasteiger partial charge in [-0.15, -0.1) is 0 Å². The van der Waals surface area contributed by atoms with E-state index in [1.807, 2.05) is 43.3 Å². The first kappa shape index (κ1) is 20.9. The van der Waals surface area contributed by atoms with Gasteiger partial charge in [0, 0.05) is 16.8 Å². The predicted octanol–water partition coefficient (Wildman–Crippen LogP) is 6.92. The number of hydrogen-bond acceptors (Lipinski definition) is 4. The minimum atomic E-state index is -0.263. The van der Waals surface area contributed by atoms with Crippen LogP contribution in [-0.2, 0) is 0 Å². The number of carbonyl (C=O) groups is 1. The molecule has 4 aromatic rings. The molecule has 6 heteroatoms. The van der Waals surface area contributed by atoms with Crippen LogP contribution in [0.25, 0.3) is 22.6 Å². The summed E-state index contributed by atoms with van der Waals surface area (Å²) in [5, 5.41) is 3.30. The van der Waals surface area contributed by atoms with Crippen LogP contribution in [0.3, 0.4) is 0 Å². The van der Waals surface area contributed by atoms with Crippen LogP contribution in [0.5, 0.6) is 5.75 Å². The first-order valence-corrected chi connectivity index (χ1v) is 10.6. The Hall–Kier alpha value is -3.31. The third-order valence-electron chi connectivity index (χ3n) is 4.94. The van der Waals surface area contributed by atoms with Crippen molar-refractivity contribution in [1.29, 1.82) is 0 Å². The van der Waals surface area contributed by atoms with E-state index in [4.69, 9.17) is 20.8 Å². The zero-order valence-electron chi connectivity index (χ0n) is 17.6. The molecule has 0 atom stereocenters. The van der Waals surface area contributed by atoms with Crippen LogP contribution in [0, 0.1) is 0 Å². The number of aromatic nitrogens is 1. The van der Waals surface area contributed by atoms with Crippen LogP contribution in [0.4, 0.5) is 5.69 Å². The van der Waals surface area contributed by atoms with Gasteiger partial charge in [0.2, 0.25) is 5.89 Å². The van der Waals surface area contributed by atoms with E-state index in [-0.39, 0.29) is 5.91 Å². The molecule has 0 aliphatic rings. The molecule has 1 N–H and O–H groups in total. The SMILES string of the molecule is CCOc1ccc(C(=O)Nc2cccc(-c3nc4cc(C(C)C)ccc4o3)c2)cc1Cl. The summed E-state index contributed by atoms with van der Waals surface area (Å²) >= 11 is 6.20. The molecule has 4 rings (SSSR count). The lowest BCUT2D eigenvalue weighted by Gasteiger charge is -2.09. The molecule has 0 fully saturated rings. The zero-order valence-corrected chi connectivity index (χ0v) is 18.4. The number of hydrogen-bond donors (Lipinski definition) is 1. The fourth-order valence-electron chi connectivity index (χ4n) is 3.27. The largest absolute Gasteiger partial charge is 0.492 e. The average molecular weight is 435 g/mol. The van der Waals surface area contributed by atoms with E-state index in [9.17, 15) is 4.79 Å². The molecule has 0 unspecified atom stereocenters. The van der Waals surface area contributed by atoms with Crippen LogP contribution in [0.2, 0.25) is 5.02 Å². The van der Waals surface area contributed by atoms with Gasteiger partial charge in [-0.25, -0.2) is 4.98 Å². The Labute approximate surface area is 186 Å². The number of ether oxygens (including phenoxy) is 1.